The number of fused-ring (bicyclic) bond motifs is 1. The van der Waals surface area contributed by atoms with Crippen molar-refractivity contribution in [2.24, 2.45) is 0 Å². The lowest BCUT2D eigenvalue weighted by molar-refractivity contribution is 0.548. The Morgan fingerprint density at radius 2 is 1.80 bits per heavy atom. The zero-order valence-corrected chi connectivity index (χ0v) is 15.5. The van der Waals surface area contributed by atoms with E-state index in [-0.39, 0.29) is 10.9 Å². The van der Waals surface area contributed by atoms with Crippen LogP contribution in [0, 0.1) is 12.7 Å². The van der Waals surface area contributed by atoms with Crippen molar-refractivity contribution >= 4 is 10.0 Å². The molecule has 0 aliphatic heterocycles. The zero-order chi connectivity index (χ0) is 18.0. The van der Waals surface area contributed by atoms with E-state index in [0.717, 1.165) is 18.4 Å². The molecule has 5 heteroatoms. The number of sulfonamides is 1. The third kappa shape index (κ3) is 3.93. The molecule has 25 heavy (non-hydrogen) atoms. The monoisotopic (exact) mass is 361 g/mol. The van der Waals surface area contributed by atoms with Crippen molar-refractivity contribution in [3.05, 3.63) is 64.5 Å². The lowest BCUT2D eigenvalue weighted by atomic mass is 9.89. The van der Waals surface area contributed by atoms with Gasteiger partial charge in [0, 0.05) is 6.04 Å². The summed E-state index contributed by atoms with van der Waals surface area (Å²) in [5.41, 5.74) is 4.11. The average molecular weight is 361 g/mol. The predicted octanol–water partition coefficient (Wildman–Crippen LogP) is 4.44. The summed E-state index contributed by atoms with van der Waals surface area (Å²) < 4.78 is 41.6. The molecule has 2 aromatic rings. The van der Waals surface area contributed by atoms with Crippen molar-refractivity contribution in [2.75, 3.05) is 0 Å². The Bertz CT molecular complexity index is 877. The zero-order valence-electron chi connectivity index (χ0n) is 14.7. The average Bonchev–Trinajstić information content (AvgIpc) is 2.59. The molecule has 1 aliphatic carbocycles. The maximum absolute atomic E-state index is 13.3. The lowest BCUT2D eigenvalue weighted by Gasteiger charge is -2.22. The van der Waals surface area contributed by atoms with Crippen molar-refractivity contribution in [3.8, 4) is 0 Å². The van der Waals surface area contributed by atoms with Crippen LogP contribution < -0.4 is 4.72 Å². The molecular formula is C20H24FNO2S. The summed E-state index contributed by atoms with van der Waals surface area (Å²) >= 11 is 0. The summed E-state index contributed by atoms with van der Waals surface area (Å²) in [6.07, 6.45) is 5.22. The van der Waals surface area contributed by atoms with Crippen LogP contribution in [0.15, 0.2) is 41.3 Å². The fourth-order valence-corrected chi connectivity index (χ4v) is 5.06. The molecule has 0 aromatic heterocycles. The molecule has 1 atom stereocenters. The molecule has 0 amide bonds. The van der Waals surface area contributed by atoms with Crippen LogP contribution in [-0.2, 0) is 22.9 Å². The van der Waals surface area contributed by atoms with Gasteiger partial charge >= 0.3 is 0 Å². The Morgan fingerprint density at radius 3 is 2.48 bits per heavy atom. The van der Waals surface area contributed by atoms with E-state index in [9.17, 15) is 12.8 Å². The largest absolute Gasteiger partial charge is 0.241 e. The van der Waals surface area contributed by atoms with E-state index in [1.807, 2.05) is 13.0 Å². The van der Waals surface area contributed by atoms with E-state index in [0.29, 0.717) is 12.0 Å². The van der Waals surface area contributed by atoms with E-state index in [1.54, 1.807) is 6.92 Å². The highest BCUT2D eigenvalue weighted by atomic mass is 32.2. The first-order chi connectivity index (χ1) is 11.9. The fraction of sp³-hybridized carbons (Fsp3) is 0.400. The van der Waals surface area contributed by atoms with Gasteiger partial charge in [0.25, 0.3) is 0 Å². The summed E-state index contributed by atoms with van der Waals surface area (Å²) in [5, 5.41) is 0. The Morgan fingerprint density at radius 1 is 1.08 bits per heavy atom. The molecular weight excluding hydrogens is 337 g/mol. The molecule has 3 rings (SSSR count). The van der Waals surface area contributed by atoms with Gasteiger partial charge < -0.3 is 0 Å². The van der Waals surface area contributed by atoms with E-state index in [2.05, 4.69) is 16.9 Å². The summed E-state index contributed by atoms with van der Waals surface area (Å²) in [5.74, 6) is -0.432. The second-order valence-corrected chi connectivity index (χ2v) is 8.41. The molecule has 0 saturated carbocycles. The van der Waals surface area contributed by atoms with Crippen molar-refractivity contribution in [2.45, 2.75) is 56.9 Å². The number of hydrogen-bond donors (Lipinski definition) is 1. The van der Waals surface area contributed by atoms with Crippen LogP contribution in [0.5, 0.6) is 0 Å². The van der Waals surface area contributed by atoms with Gasteiger partial charge in [0.1, 0.15) is 5.82 Å². The van der Waals surface area contributed by atoms with Crippen LogP contribution in [0.2, 0.25) is 0 Å². The van der Waals surface area contributed by atoms with Crippen LogP contribution in [0.3, 0.4) is 0 Å². The first-order valence-electron chi connectivity index (χ1n) is 8.81. The molecule has 0 spiro atoms. The van der Waals surface area contributed by atoms with Crippen LogP contribution in [0.1, 0.15) is 54.5 Å². The maximum atomic E-state index is 13.3. The van der Waals surface area contributed by atoms with Crippen molar-refractivity contribution < 1.29 is 12.8 Å². The molecule has 0 saturated heterocycles. The van der Waals surface area contributed by atoms with Gasteiger partial charge in [0.05, 0.1) is 4.90 Å². The fourth-order valence-electron chi connectivity index (χ4n) is 3.52. The SMILES string of the molecule is CC[C@@H](NS(=O)(=O)c1ccc(F)cc1C)c1ccc2c(c1)CCCC2. The highest BCUT2D eigenvalue weighted by Gasteiger charge is 2.23. The molecule has 0 unspecified atom stereocenters. The first kappa shape index (κ1) is 18.1. The minimum Gasteiger partial charge on any atom is -0.207 e. The third-order valence-corrected chi connectivity index (χ3v) is 6.54. The minimum absolute atomic E-state index is 0.130. The van der Waals surface area contributed by atoms with Gasteiger partial charge in [-0.1, -0.05) is 25.1 Å². The topological polar surface area (TPSA) is 46.2 Å². The van der Waals surface area contributed by atoms with E-state index in [4.69, 9.17) is 0 Å². The van der Waals surface area contributed by atoms with Gasteiger partial charge in [-0.25, -0.2) is 17.5 Å². The van der Waals surface area contributed by atoms with Gasteiger partial charge in [-0.3, -0.25) is 0 Å². The Labute approximate surface area is 149 Å². The normalized spacial score (nSPS) is 15.6. The maximum Gasteiger partial charge on any atom is 0.241 e. The Balaban J connectivity index is 1.88. The number of halogens is 1. The van der Waals surface area contributed by atoms with Crippen molar-refractivity contribution in [1.29, 1.82) is 0 Å². The Kier molecular flexibility index (Phi) is 5.25. The molecule has 0 fully saturated rings. The molecule has 3 nitrogen and oxygen atoms in total. The first-order valence-corrected chi connectivity index (χ1v) is 10.3. The summed E-state index contributed by atoms with van der Waals surface area (Å²) in [6, 6.07) is 9.76. The number of rotatable bonds is 5. The lowest BCUT2D eigenvalue weighted by Crippen LogP contribution is -2.29. The number of nitrogens with one attached hydrogen (secondary N) is 1. The second-order valence-electron chi connectivity index (χ2n) is 6.73. The molecule has 1 N–H and O–H groups in total. The highest BCUT2D eigenvalue weighted by molar-refractivity contribution is 7.89. The summed E-state index contributed by atoms with van der Waals surface area (Å²) in [7, 11) is -3.71. The smallest absolute Gasteiger partial charge is 0.207 e. The van der Waals surface area contributed by atoms with Crippen LogP contribution in [0.25, 0.3) is 0 Å². The minimum atomic E-state index is -3.71. The molecule has 0 heterocycles. The van der Waals surface area contributed by atoms with Gasteiger partial charge in [-0.15, -0.1) is 0 Å². The summed E-state index contributed by atoms with van der Waals surface area (Å²) in [4.78, 5) is 0.130. The number of aryl methyl sites for hydroxylation is 3. The van der Waals surface area contributed by atoms with Crippen LogP contribution >= 0.6 is 0 Å². The van der Waals surface area contributed by atoms with E-state index in [1.165, 1.54) is 42.2 Å². The number of hydrogen-bond acceptors (Lipinski definition) is 2. The van der Waals surface area contributed by atoms with Gasteiger partial charge in [-0.05, 0) is 79.5 Å². The predicted molar refractivity (Wildman–Crippen MR) is 97.6 cm³/mol. The highest BCUT2D eigenvalue weighted by Crippen LogP contribution is 2.27. The van der Waals surface area contributed by atoms with E-state index < -0.39 is 15.8 Å². The van der Waals surface area contributed by atoms with Crippen molar-refractivity contribution in [3.63, 3.8) is 0 Å². The van der Waals surface area contributed by atoms with Crippen LogP contribution in [0.4, 0.5) is 4.39 Å². The van der Waals surface area contributed by atoms with Crippen LogP contribution in [-0.4, -0.2) is 8.42 Å². The quantitative estimate of drug-likeness (QED) is 0.856. The van der Waals surface area contributed by atoms with E-state index >= 15 is 0 Å². The molecule has 134 valence electrons. The van der Waals surface area contributed by atoms with Gasteiger partial charge in [0.2, 0.25) is 10.0 Å². The second kappa shape index (κ2) is 7.26. The standard InChI is InChI=1S/C20H24FNO2S/c1-3-19(17-9-8-15-6-4-5-7-16(15)13-17)22-25(23,24)20-11-10-18(21)12-14(20)2/h8-13,19,22H,3-7H2,1-2H3/t19-/m1/s1. The molecule has 0 bridgehead atoms. The third-order valence-electron chi connectivity index (χ3n) is 4.91. The molecule has 1 aliphatic rings. The Hall–Kier alpha value is -1.72. The van der Waals surface area contributed by atoms with Crippen molar-refractivity contribution in [1.82, 2.24) is 4.72 Å². The summed E-state index contributed by atoms with van der Waals surface area (Å²) in [6.45, 7) is 3.57. The van der Waals surface area contributed by atoms with Gasteiger partial charge in [-0.2, -0.15) is 0 Å². The van der Waals surface area contributed by atoms with Gasteiger partial charge in [0.15, 0.2) is 0 Å². The molecule has 2 aromatic carbocycles. The number of benzene rings is 2. The molecule has 0 radical (unpaired) electrons.